The molecule has 5 nitrogen and oxygen atoms in total. The van der Waals surface area contributed by atoms with Gasteiger partial charge in [-0.15, -0.1) is 0 Å². The molecule has 0 aromatic heterocycles. The van der Waals surface area contributed by atoms with E-state index in [-0.39, 0.29) is 18.2 Å². The predicted molar refractivity (Wildman–Crippen MR) is 86.0 cm³/mol. The number of aromatic hydroxyl groups is 1. The third-order valence-electron chi connectivity index (χ3n) is 3.67. The zero-order chi connectivity index (χ0) is 16.5. The molecule has 5 heteroatoms. The lowest BCUT2D eigenvalue weighted by Gasteiger charge is -2.41. The Bertz CT molecular complexity index is 545. The van der Waals surface area contributed by atoms with Crippen LogP contribution in [0.3, 0.4) is 0 Å². The minimum absolute atomic E-state index is 0.0337. The molecule has 122 valence electrons. The van der Waals surface area contributed by atoms with Crippen molar-refractivity contribution in [3.8, 4) is 5.75 Å². The van der Waals surface area contributed by atoms with Crippen molar-refractivity contribution in [2.45, 2.75) is 52.3 Å². The van der Waals surface area contributed by atoms with E-state index in [1.54, 1.807) is 11.0 Å². The molecular weight excluding hydrogens is 280 g/mol. The maximum absolute atomic E-state index is 11.9. The number of likely N-dealkylation sites (tertiary alicyclic amines) is 1. The SMILES string of the molecule is Cc1ccc(C(C)NC2CN(C(=O)OC(C)(C)C)C2)c(O)c1. The number of carbonyl (C=O) groups excluding carboxylic acids is 1. The summed E-state index contributed by atoms with van der Waals surface area (Å²) in [6, 6.07) is 5.95. The maximum atomic E-state index is 11.9. The average Bonchev–Trinajstić information content (AvgIpc) is 2.30. The Labute approximate surface area is 132 Å². The zero-order valence-corrected chi connectivity index (χ0v) is 14.0. The van der Waals surface area contributed by atoms with Gasteiger partial charge in [0.15, 0.2) is 0 Å². The number of carbonyl (C=O) groups is 1. The molecule has 0 aliphatic carbocycles. The van der Waals surface area contributed by atoms with E-state index in [0.29, 0.717) is 18.8 Å². The van der Waals surface area contributed by atoms with Crippen LogP contribution in [0, 0.1) is 6.92 Å². The molecule has 1 aliphatic rings. The number of benzene rings is 1. The van der Waals surface area contributed by atoms with Crippen LogP contribution in [0.4, 0.5) is 4.79 Å². The van der Waals surface area contributed by atoms with Crippen LogP contribution in [0.1, 0.15) is 44.9 Å². The van der Waals surface area contributed by atoms with Gasteiger partial charge in [-0.1, -0.05) is 12.1 Å². The Morgan fingerprint density at radius 1 is 1.41 bits per heavy atom. The Balaban J connectivity index is 1.83. The fourth-order valence-electron chi connectivity index (χ4n) is 2.52. The standard InChI is InChI=1S/C17H26N2O3/c1-11-6-7-14(15(20)8-11)12(2)18-13-9-19(10-13)16(21)22-17(3,4)5/h6-8,12-13,18,20H,9-10H2,1-5H3. The Kier molecular flexibility index (Phi) is 4.66. The molecule has 2 rings (SSSR count). The van der Waals surface area contributed by atoms with Crippen LogP contribution in [0.2, 0.25) is 0 Å². The molecule has 0 spiro atoms. The molecule has 0 bridgehead atoms. The van der Waals surface area contributed by atoms with Crippen LogP contribution in [0.25, 0.3) is 0 Å². The van der Waals surface area contributed by atoms with Crippen molar-refractivity contribution in [1.29, 1.82) is 0 Å². The first-order chi connectivity index (χ1) is 10.2. The van der Waals surface area contributed by atoms with E-state index in [9.17, 15) is 9.90 Å². The van der Waals surface area contributed by atoms with Crippen LogP contribution in [-0.4, -0.2) is 40.8 Å². The summed E-state index contributed by atoms with van der Waals surface area (Å²) in [5.74, 6) is 0.309. The minimum Gasteiger partial charge on any atom is -0.508 e. The van der Waals surface area contributed by atoms with E-state index < -0.39 is 5.60 Å². The van der Waals surface area contributed by atoms with Crippen LogP contribution in [0.15, 0.2) is 18.2 Å². The van der Waals surface area contributed by atoms with Crippen molar-refractivity contribution in [2.24, 2.45) is 0 Å². The van der Waals surface area contributed by atoms with Gasteiger partial charge in [-0.2, -0.15) is 0 Å². The summed E-state index contributed by atoms with van der Waals surface area (Å²) < 4.78 is 5.33. The molecule has 1 fully saturated rings. The van der Waals surface area contributed by atoms with Gasteiger partial charge in [0.05, 0.1) is 0 Å². The molecule has 1 heterocycles. The van der Waals surface area contributed by atoms with Crippen molar-refractivity contribution >= 4 is 6.09 Å². The lowest BCUT2D eigenvalue weighted by atomic mass is 10.0. The summed E-state index contributed by atoms with van der Waals surface area (Å²) in [5.41, 5.74) is 1.45. The van der Waals surface area contributed by atoms with Gasteiger partial charge in [0, 0.05) is 30.7 Å². The Morgan fingerprint density at radius 2 is 2.05 bits per heavy atom. The lowest BCUT2D eigenvalue weighted by molar-refractivity contribution is 0.00430. The van der Waals surface area contributed by atoms with Gasteiger partial charge in [-0.25, -0.2) is 4.79 Å². The van der Waals surface area contributed by atoms with Gasteiger partial charge in [0.2, 0.25) is 0 Å². The van der Waals surface area contributed by atoms with Gasteiger partial charge in [0.1, 0.15) is 11.4 Å². The van der Waals surface area contributed by atoms with E-state index in [0.717, 1.165) is 11.1 Å². The normalized spacial score (nSPS) is 17.0. The Morgan fingerprint density at radius 3 is 2.59 bits per heavy atom. The average molecular weight is 306 g/mol. The van der Waals surface area contributed by atoms with Crippen molar-refractivity contribution in [3.05, 3.63) is 29.3 Å². The van der Waals surface area contributed by atoms with Crippen molar-refractivity contribution in [2.75, 3.05) is 13.1 Å². The number of hydrogen-bond donors (Lipinski definition) is 2. The highest BCUT2D eigenvalue weighted by molar-refractivity contribution is 5.69. The number of rotatable bonds is 3. The number of aryl methyl sites for hydroxylation is 1. The molecular formula is C17H26N2O3. The number of hydrogen-bond acceptors (Lipinski definition) is 4. The van der Waals surface area contributed by atoms with E-state index >= 15 is 0 Å². The molecule has 1 amide bonds. The minimum atomic E-state index is -0.462. The molecule has 2 N–H and O–H groups in total. The molecule has 0 radical (unpaired) electrons. The van der Waals surface area contributed by atoms with Crippen LogP contribution < -0.4 is 5.32 Å². The van der Waals surface area contributed by atoms with Crippen molar-refractivity contribution in [3.63, 3.8) is 0 Å². The third kappa shape index (κ3) is 4.13. The van der Waals surface area contributed by atoms with Gasteiger partial charge in [0.25, 0.3) is 0 Å². The highest BCUT2D eigenvalue weighted by Crippen LogP contribution is 2.26. The smallest absolute Gasteiger partial charge is 0.410 e. The largest absolute Gasteiger partial charge is 0.508 e. The molecule has 1 aromatic carbocycles. The second-order valence-corrected chi connectivity index (χ2v) is 7.03. The number of nitrogens with one attached hydrogen (secondary N) is 1. The van der Waals surface area contributed by atoms with Crippen LogP contribution in [0.5, 0.6) is 5.75 Å². The van der Waals surface area contributed by atoms with Gasteiger partial charge < -0.3 is 20.1 Å². The summed E-state index contributed by atoms with van der Waals surface area (Å²) in [6.07, 6.45) is -0.267. The quantitative estimate of drug-likeness (QED) is 0.901. The van der Waals surface area contributed by atoms with E-state index in [1.807, 2.05) is 46.8 Å². The van der Waals surface area contributed by atoms with Crippen molar-refractivity contribution in [1.82, 2.24) is 10.2 Å². The molecule has 0 saturated carbocycles. The first kappa shape index (κ1) is 16.6. The molecule has 22 heavy (non-hydrogen) atoms. The fraction of sp³-hybridized carbons (Fsp3) is 0.588. The van der Waals surface area contributed by atoms with E-state index in [1.165, 1.54) is 0 Å². The first-order valence-corrected chi connectivity index (χ1v) is 7.69. The topological polar surface area (TPSA) is 61.8 Å². The third-order valence-corrected chi connectivity index (χ3v) is 3.67. The van der Waals surface area contributed by atoms with E-state index in [2.05, 4.69) is 5.32 Å². The van der Waals surface area contributed by atoms with E-state index in [4.69, 9.17) is 4.74 Å². The van der Waals surface area contributed by atoms with Crippen molar-refractivity contribution < 1.29 is 14.6 Å². The second-order valence-electron chi connectivity index (χ2n) is 7.03. The molecule has 1 atom stereocenters. The second kappa shape index (κ2) is 6.16. The molecule has 1 aromatic rings. The first-order valence-electron chi connectivity index (χ1n) is 7.69. The van der Waals surface area contributed by atoms with Crippen LogP contribution in [-0.2, 0) is 4.74 Å². The lowest BCUT2D eigenvalue weighted by Crippen LogP contribution is -2.60. The number of phenolic OH excluding ortho intramolecular Hbond substituents is 1. The van der Waals surface area contributed by atoms with Crippen LogP contribution >= 0.6 is 0 Å². The fourth-order valence-corrected chi connectivity index (χ4v) is 2.52. The number of nitrogens with zero attached hydrogens (tertiary/aromatic N) is 1. The van der Waals surface area contributed by atoms with Gasteiger partial charge in [-0.3, -0.25) is 0 Å². The number of phenols is 1. The summed E-state index contributed by atoms with van der Waals surface area (Å²) >= 11 is 0. The zero-order valence-electron chi connectivity index (χ0n) is 14.0. The highest BCUT2D eigenvalue weighted by Gasteiger charge is 2.34. The predicted octanol–water partition coefficient (Wildman–Crippen LogP) is 2.97. The molecule has 1 saturated heterocycles. The summed E-state index contributed by atoms with van der Waals surface area (Å²) in [4.78, 5) is 13.6. The number of ether oxygens (including phenoxy) is 1. The molecule has 1 aliphatic heterocycles. The number of amides is 1. The van der Waals surface area contributed by atoms with Gasteiger partial charge in [-0.05, 0) is 46.2 Å². The summed E-state index contributed by atoms with van der Waals surface area (Å²) in [5, 5.41) is 13.4. The summed E-state index contributed by atoms with van der Waals surface area (Å²) in [7, 11) is 0. The summed E-state index contributed by atoms with van der Waals surface area (Å²) in [6.45, 7) is 10.8. The highest BCUT2D eigenvalue weighted by atomic mass is 16.6. The molecule has 1 unspecified atom stereocenters. The maximum Gasteiger partial charge on any atom is 0.410 e. The van der Waals surface area contributed by atoms with Gasteiger partial charge >= 0.3 is 6.09 Å². The Hall–Kier alpha value is -1.75. The monoisotopic (exact) mass is 306 g/mol.